The first-order chi connectivity index (χ1) is 3.50. The van der Waals surface area contributed by atoms with Crippen molar-refractivity contribution in [2.75, 3.05) is 6.61 Å². The lowest BCUT2D eigenvalue weighted by molar-refractivity contribution is 0.286. The van der Waals surface area contributed by atoms with Gasteiger partial charge in [0.25, 0.3) is 0 Å². The Kier molecular flexibility index (Phi) is 1.88. The zero-order valence-electron chi connectivity index (χ0n) is 3.76. The molecule has 1 heterocycles. The summed E-state index contributed by atoms with van der Waals surface area (Å²) in [6, 6.07) is 0. The van der Waals surface area contributed by atoms with Gasteiger partial charge in [-0.05, 0) is 5.41 Å². The van der Waals surface area contributed by atoms with Gasteiger partial charge < -0.3 is 4.74 Å². The Labute approximate surface area is 47.1 Å². The van der Waals surface area contributed by atoms with Crippen molar-refractivity contribution in [1.29, 1.82) is 0 Å². The first-order valence-electron chi connectivity index (χ1n) is 1.97. The van der Waals surface area contributed by atoms with Crippen LogP contribution in [0, 0.1) is 6.08 Å². The van der Waals surface area contributed by atoms with E-state index < -0.39 is 0 Å². The van der Waals surface area contributed by atoms with Crippen molar-refractivity contribution >= 4 is 11.8 Å². The van der Waals surface area contributed by atoms with Crippen LogP contribution in [-0.2, 0) is 4.74 Å². The van der Waals surface area contributed by atoms with Crippen LogP contribution in [0.2, 0.25) is 0 Å². The second kappa shape index (κ2) is 2.75. The first kappa shape index (κ1) is 4.78. The highest BCUT2D eigenvalue weighted by atomic mass is 32.2. The van der Waals surface area contributed by atoms with Crippen LogP contribution in [0.3, 0.4) is 0 Å². The number of rotatable bonds is 0. The minimum Gasteiger partial charge on any atom is -0.496 e. The molecular weight excluding hydrogens is 108 g/mol. The lowest BCUT2D eigenvalue weighted by Crippen LogP contribution is -1.76. The highest BCUT2D eigenvalue weighted by Gasteiger charge is 1.79. The average Bonchev–Trinajstić information content (AvgIpc) is 1.90. The summed E-state index contributed by atoms with van der Waals surface area (Å²) in [7, 11) is 0. The number of thioether (sulfide) groups is 1. The van der Waals surface area contributed by atoms with Crippen LogP contribution in [0.5, 0.6) is 0 Å². The second-order valence-electron chi connectivity index (χ2n) is 1.04. The van der Waals surface area contributed by atoms with Gasteiger partial charge in [-0.3, -0.25) is 0 Å². The standard InChI is InChI=1S/C5H5OS/c1-2-6-3-5-7-4-1/h3-5H,2H2. The third-order valence-electron chi connectivity index (χ3n) is 0.548. The molecule has 37 valence electrons. The van der Waals surface area contributed by atoms with Gasteiger partial charge in [-0.1, -0.05) is 0 Å². The Morgan fingerprint density at radius 1 is 1.71 bits per heavy atom. The fourth-order valence-electron chi connectivity index (χ4n) is 0.289. The summed E-state index contributed by atoms with van der Waals surface area (Å²) < 4.78 is 4.85. The minimum atomic E-state index is 0.587. The quantitative estimate of drug-likeness (QED) is 0.471. The van der Waals surface area contributed by atoms with Gasteiger partial charge in [-0.25, -0.2) is 0 Å². The van der Waals surface area contributed by atoms with Gasteiger partial charge in [0, 0.05) is 11.5 Å². The van der Waals surface area contributed by atoms with Crippen molar-refractivity contribution < 1.29 is 4.74 Å². The van der Waals surface area contributed by atoms with E-state index in [1.807, 2.05) is 10.8 Å². The summed E-state index contributed by atoms with van der Waals surface area (Å²) in [6.07, 6.45) is 4.57. The first-order valence-corrected chi connectivity index (χ1v) is 2.91. The van der Waals surface area contributed by atoms with Crippen LogP contribution in [0.1, 0.15) is 0 Å². The third kappa shape index (κ3) is 1.69. The van der Waals surface area contributed by atoms with E-state index in [9.17, 15) is 0 Å². The molecule has 7 heavy (non-hydrogen) atoms. The van der Waals surface area contributed by atoms with E-state index in [0.717, 1.165) is 0 Å². The van der Waals surface area contributed by atoms with Crippen LogP contribution in [0.4, 0.5) is 0 Å². The maximum Gasteiger partial charge on any atom is 0.113 e. The summed E-state index contributed by atoms with van der Waals surface area (Å²) in [5, 5.41) is 3.75. The predicted octanol–water partition coefficient (Wildman–Crippen LogP) is 1.54. The highest BCUT2D eigenvalue weighted by molar-refractivity contribution is 8.04. The lowest BCUT2D eigenvalue weighted by Gasteiger charge is -1.85. The van der Waals surface area contributed by atoms with Gasteiger partial charge in [-0.2, -0.15) is 0 Å². The van der Waals surface area contributed by atoms with Gasteiger partial charge in [0.15, 0.2) is 0 Å². The average molecular weight is 113 g/mol. The second-order valence-corrected chi connectivity index (χ2v) is 1.82. The fourth-order valence-corrected chi connectivity index (χ4v) is 0.675. The largest absolute Gasteiger partial charge is 0.496 e. The number of ether oxygens (including phenoxy) is 1. The van der Waals surface area contributed by atoms with Crippen molar-refractivity contribution in [2.45, 2.75) is 0 Å². The molecule has 0 fully saturated rings. The molecular formula is C5H5OS. The van der Waals surface area contributed by atoms with Crippen LogP contribution in [0.15, 0.2) is 17.1 Å². The molecule has 2 heteroatoms. The molecule has 0 aromatic heterocycles. The zero-order chi connectivity index (χ0) is 4.95. The van der Waals surface area contributed by atoms with E-state index in [0.29, 0.717) is 6.61 Å². The molecule has 0 spiro atoms. The summed E-state index contributed by atoms with van der Waals surface area (Å²) in [5.74, 6) is 0. The van der Waals surface area contributed by atoms with Gasteiger partial charge in [0.2, 0.25) is 0 Å². The van der Waals surface area contributed by atoms with Crippen LogP contribution < -0.4 is 0 Å². The Morgan fingerprint density at radius 2 is 2.71 bits per heavy atom. The molecule has 0 saturated heterocycles. The Balaban J connectivity index is 2.38. The van der Waals surface area contributed by atoms with Crippen LogP contribution in [-0.4, -0.2) is 6.61 Å². The SMILES string of the molecule is [C]1=CSC=COC1. The molecule has 1 aliphatic heterocycles. The molecule has 0 aliphatic carbocycles. The van der Waals surface area contributed by atoms with Gasteiger partial charge >= 0.3 is 0 Å². The summed E-state index contributed by atoms with van der Waals surface area (Å²) in [4.78, 5) is 0. The van der Waals surface area contributed by atoms with E-state index in [-0.39, 0.29) is 0 Å². The molecule has 1 rings (SSSR count). The fraction of sp³-hybridized carbons (Fsp3) is 0.200. The van der Waals surface area contributed by atoms with Crippen LogP contribution in [0.25, 0.3) is 0 Å². The van der Waals surface area contributed by atoms with Gasteiger partial charge in [0.1, 0.15) is 6.61 Å². The molecule has 0 aromatic rings. The van der Waals surface area contributed by atoms with E-state index in [4.69, 9.17) is 4.74 Å². The molecule has 0 amide bonds. The van der Waals surface area contributed by atoms with E-state index in [1.54, 1.807) is 18.0 Å². The Morgan fingerprint density at radius 3 is 3.71 bits per heavy atom. The molecule has 0 bridgehead atoms. The van der Waals surface area contributed by atoms with Crippen molar-refractivity contribution in [3.05, 3.63) is 23.2 Å². The summed E-state index contributed by atoms with van der Waals surface area (Å²) in [5.41, 5.74) is 0. The van der Waals surface area contributed by atoms with Crippen molar-refractivity contribution in [1.82, 2.24) is 0 Å². The van der Waals surface area contributed by atoms with Crippen molar-refractivity contribution in [3.8, 4) is 0 Å². The molecule has 1 radical (unpaired) electrons. The third-order valence-corrected chi connectivity index (χ3v) is 1.12. The minimum absolute atomic E-state index is 0.587. The van der Waals surface area contributed by atoms with Crippen LogP contribution >= 0.6 is 11.8 Å². The topological polar surface area (TPSA) is 9.23 Å². The molecule has 0 aromatic carbocycles. The molecule has 0 atom stereocenters. The summed E-state index contributed by atoms with van der Waals surface area (Å²) in [6.45, 7) is 0.587. The Bertz CT molecular complexity index is 84.3. The Hall–Kier alpha value is -0.370. The highest BCUT2D eigenvalue weighted by Crippen LogP contribution is 2.05. The normalized spacial score (nSPS) is 18.3. The zero-order valence-corrected chi connectivity index (χ0v) is 4.57. The van der Waals surface area contributed by atoms with Crippen molar-refractivity contribution in [2.24, 2.45) is 0 Å². The number of hydrogen-bond donors (Lipinski definition) is 0. The maximum absolute atomic E-state index is 4.85. The van der Waals surface area contributed by atoms with Gasteiger partial charge in [-0.15, -0.1) is 11.8 Å². The lowest BCUT2D eigenvalue weighted by atomic mass is 10.7. The molecule has 0 N–H and O–H groups in total. The molecule has 1 aliphatic rings. The molecule has 1 nitrogen and oxygen atoms in total. The van der Waals surface area contributed by atoms with Gasteiger partial charge in [0.05, 0.1) is 6.26 Å². The van der Waals surface area contributed by atoms with E-state index in [2.05, 4.69) is 6.08 Å². The summed E-state index contributed by atoms with van der Waals surface area (Å²) >= 11 is 1.57. The number of hydrogen-bond acceptors (Lipinski definition) is 2. The predicted molar refractivity (Wildman–Crippen MR) is 30.5 cm³/mol. The smallest absolute Gasteiger partial charge is 0.113 e. The maximum atomic E-state index is 4.85. The van der Waals surface area contributed by atoms with E-state index in [1.165, 1.54) is 0 Å². The monoisotopic (exact) mass is 113 g/mol. The molecule has 0 unspecified atom stereocenters. The van der Waals surface area contributed by atoms with Crippen molar-refractivity contribution in [3.63, 3.8) is 0 Å². The molecule has 0 saturated carbocycles. The van der Waals surface area contributed by atoms with E-state index >= 15 is 0 Å².